The molecule has 0 aromatic rings. The van der Waals surface area contributed by atoms with E-state index in [9.17, 15) is 0 Å². The summed E-state index contributed by atoms with van der Waals surface area (Å²) < 4.78 is 5.46. The Balaban J connectivity index is 3.96. The molecular formula is C14H31NO. The van der Waals surface area contributed by atoms with Crippen molar-refractivity contribution in [2.24, 2.45) is 5.92 Å². The second-order valence-corrected chi connectivity index (χ2v) is 5.45. The molecule has 0 aromatic heterocycles. The van der Waals surface area contributed by atoms with Crippen molar-refractivity contribution in [3.63, 3.8) is 0 Å². The largest absolute Gasteiger partial charge is 0.379 e. The lowest BCUT2D eigenvalue weighted by molar-refractivity contribution is 0.00964. The lowest BCUT2D eigenvalue weighted by atomic mass is 9.90. The molecule has 0 spiro atoms. The number of hydrogen-bond donors (Lipinski definition) is 1. The van der Waals surface area contributed by atoms with Crippen LogP contribution in [0.1, 0.15) is 60.3 Å². The molecule has 98 valence electrons. The third-order valence-electron chi connectivity index (χ3n) is 3.54. The first kappa shape index (κ1) is 15.9. The van der Waals surface area contributed by atoms with E-state index in [1.54, 1.807) is 7.11 Å². The van der Waals surface area contributed by atoms with E-state index in [1.165, 1.54) is 19.3 Å². The maximum absolute atomic E-state index is 5.46. The molecule has 0 radical (unpaired) electrons. The number of nitrogens with one attached hydrogen (secondary N) is 1. The minimum Gasteiger partial charge on any atom is -0.379 e. The highest BCUT2D eigenvalue weighted by molar-refractivity contribution is 4.76. The Morgan fingerprint density at radius 1 is 1.25 bits per heavy atom. The van der Waals surface area contributed by atoms with Crippen LogP contribution in [0, 0.1) is 5.92 Å². The zero-order chi connectivity index (χ0) is 12.6. The lowest BCUT2D eigenvalue weighted by Crippen LogP contribution is -2.36. The molecule has 0 bridgehead atoms. The summed E-state index contributed by atoms with van der Waals surface area (Å²) in [5.41, 5.74) is 0.0251. The van der Waals surface area contributed by atoms with Gasteiger partial charge in [-0.2, -0.15) is 0 Å². The number of rotatable bonds is 9. The van der Waals surface area contributed by atoms with Crippen LogP contribution < -0.4 is 5.32 Å². The van der Waals surface area contributed by atoms with Crippen LogP contribution in [-0.4, -0.2) is 25.3 Å². The van der Waals surface area contributed by atoms with E-state index in [0.29, 0.717) is 6.04 Å². The van der Waals surface area contributed by atoms with Crippen molar-refractivity contribution in [2.75, 3.05) is 13.7 Å². The van der Waals surface area contributed by atoms with Crippen LogP contribution in [0.2, 0.25) is 0 Å². The Hall–Kier alpha value is -0.0800. The van der Waals surface area contributed by atoms with Crippen molar-refractivity contribution in [1.29, 1.82) is 0 Å². The summed E-state index contributed by atoms with van der Waals surface area (Å²) in [4.78, 5) is 0. The molecule has 1 N–H and O–H groups in total. The monoisotopic (exact) mass is 229 g/mol. The van der Waals surface area contributed by atoms with Crippen molar-refractivity contribution in [3.8, 4) is 0 Å². The number of ether oxygens (including phenoxy) is 1. The summed E-state index contributed by atoms with van der Waals surface area (Å²) in [5, 5.41) is 3.63. The number of hydrogen-bond acceptors (Lipinski definition) is 2. The van der Waals surface area contributed by atoms with E-state index in [2.05, 4.69) is 39.9 Å². The highest BCUT2D eigenvalue weighted by Gasteiger charge is 2.20. The molecule has 0 rings (SSSR count). The normalized spacial score (nSPS) is 16.1. The van der Waals surface area contributed by atoms with E-state index in [0.717, 1.165) is 18.9 Å². The molecule has 0 amide bonds. The van der Waals surface area contributed by atoms with Gasteiger partial charge in [0.2, 0.25) is 0 Å². The SMILES string of the molecule is CCCNC(CC)C(C)CCC(C)(C)OC. The lowest BCUT2D eigenvalue weighted by Gasteiger charge is -2.28. The van der Waals surface area contributed by atoms with Crippen LogP contribution in [-0.2, 0) is 4.74 Å². The molecule has 0 aliphatic rings. The molecule has 0 saturated carbocycles. The van der Waals surface area contributed by atoms with Crippen LogP contribution in [0.5, 0.6) is 0 Å². The van der Waals surface area contributed by atoms with Gasteiger partial charge < -0.3 is 10.1 Å². The van der Waals surface area contributed by atoms with Crippen LogP contribution in [0.3, 0.4) is 0 Å². The molecule has 2 nitrogen and oxygen atoms in total. The third-order valence-corrected chi connectivity index (χ3v) is 3.54. The molecule has 2 unspecified atom stereocenters. The molecule has 2 heteroatoms. The molecule has 0 fully saturated rings. The van der Waals surface area contributed by atoms with Crippen molar-refractivity contribution < 1.29 is 4.74 Å². The summed E-state index contributed by atoms with van der Waals surface area (Å²) in [6.07, 6.45) is 4.80. The smallest absolute Gasteiger partial charge is 0.0622 e. The Morgan fingerprint density at radius 3 is 2.31 bits per heavy atom. The average molecular weight is 229 g/mol. The average Bonchev–Trinajstić information content (AvgIpc) is 2.27. The van der Waals surface area contributed by atoms with Crippen LogP contribution in [0.25, 0.3) is 0 Å². The van der Waals surface area contributed by atoms with E-state index in [1.807, 2.05) is 0 Å². The van der Waals surface area contributed by atoms with E-state index in [4.69, 9.17) is 4.74 Å². The van der Waals surface area contributed by atoms with Crippen LogP contribution in [0.4, 0.5) is 0 Å². The topological polar surface area (TPSA) is 21.3 Å². The summed E-state index contributed by atoms with van der Waals surface area (Å²) in [6, 6.07) is 0.660. The molecule has 0 aromatic carbocycles. The summed E-state index contributed by atoms with van der Waals surface area (Å²) >= 11 is 0. The Morgan fingerprint density at radius 2 is 1.88 bits per heavy atom. The zero-order valence-electron chi connectivity index (χ0n) is 12.1. The molecule has 2 atom stereocenters. The van der Waals surface area contributed by atoms with Gasteiger partial charge in [0.25, 0.3) is 0 Å². The summed E-state index contributed by atoms with van der Waals surface area (Å²) in [6.45, 7) is 12.3. The fourth-order valence-electron chi connectivity index (χ4n) is 1.96. The van der Waals surface area contributed by atoms with Crippen molar-refractivity contribution in [2.45, 2.75) is 71.9 Å². The van der Waals surface area contributed by atoms with Gasteiger partial charge in [0.15, 0.2) is 0 Å². The van der Waals surface area contributed by atoms with Gasteiger partial charge in [0.05, 0.1) is 5.60 Å². The molecule has 16 heavy (non-hydrogen) atoms. The van der Waals surface area contributed by atoms with E-state index < -0.39 is 0 Å². The first-order valence-electron chi connectivity index (χ1n) is 6.75. The fourth-order valence-corrected chi connectivity index (χ4v) is 1.96. The van der Waals surface area contributed by atoms with Gasteiger partial charge in [-0.15, -0.1) is 0 Å². The van der Waals surface area contributed by atoms with Gasteiger partial charge in [0.1, 0.15) is 0 Å². The quantitative estimate of drug-likeness (QED) is 0.652. The second kappa shape index (κ2) is 8.08. The summed E-state index contributed by atoms with van der Waals surface area (Å²) in [7, 11) is 1.80. The first-order chi connectivity index (χ1) is 7.46. The Kier molecular flexibility index (Phi) is 8.04. The van der Waals surface area contributed by atoms with Gasteiger partial charge in [-0.05, 0) is 52.0 Å². The molecular weight excluding hydrogens is 198 g/mol. The van der Waals surface area contributed by atoms with Gasteiger partial charge in [-0.3, -0.25) is 0 Å². The Labute approximate surface area is 102 Å². The van der Waals surface area contributed by atoms with Crippen molar-refractivity contribution >= 4 is 0 Å². The second-order valence-electron chi connectivity index (χ2n) is 5.45. The van der Waals surface area contributed by atoms with Gasteiger partial charge >= 0.3 is 0 Å². The Bertz CT molecular complexity index is 168. The fraction of sp³-hybridized carbons (Fsp3) is 1.00. The van der Waals surface area contributed by atoms with Crippen molar-refractivity contribution in [3.05, 3.63) is 0 Å². The molecule has 0 saturated heterocycles. The first-order valence-corrected chi connectivity index (χ1v) is 6.75. The molecule has 0 heterocycles. The molecule has 0 aliphatic carbocycles. The third kappa shape index (κ3) is 6.49. The maximum atomic E-state index is 5.46. The predicted octanol–water partition coefficient (Wildman–Crippen LogP) is 3.61. The minimum absolute atomic E-state index is 0.0251. The van der Waals surface area contributed by atoms with Gasteiger partial charge in [0, 0.05) is 13.2 Å². The predicted molar refractivity (Wildman–Crippen MR) is 71.9 cm³/mol. The van der Waals surface area contributed by atoms with E-state index in [-0.39, 0.29) is 5.60 Å². The highest BCUT2D eigenvalue weighted by atomic mass is 16.5. The zero-order valence-corrected chi connectivity index (χ0v) is 12.1. The van der Waals surface area contributed by atoms with Gasteiger partial charge in [-0.1, -0.05) is 20.8 Å². The highest BCUT2D eigenvalue weighted by Crippen LogP contribution is 2.22. The van der Waals surface area contributed by atoms with E-state index >= 15 is 0 Å². The standard InChI is InChI=1S/C14H31NO/c1-7-11-15-13(8-2)12(3)9-10-14(4,5)16-6/h12-13,15H,7-11H2,1-6H3. The molecule has 0 aliphatic heterocycles. The number of methoxy groups -OCH3 is 1. The summed E-state index contributed by atoms with van der Waals surface area (Å²) in [5.74, 6) is 0.728. The van der Waals surface area contributed by atoms with Crippen LogP contribution >= 0.6 is 0 Å². The van der Waals surface area contributed by atoms with Gasteiger partial charge in [-0.25, -0.2) is 0 Å². The minimum atomic E-state index is 0.0251. The van der Waals surface area contributed by atoms with Crippen LogP contribution in [0.15, 0.2) is 0 Å². The van der Waals surface area contributed by atoms with Crippen molar-refractivity contribution in [1.82, 2.24) is 5.32 Å². The maximum Gasteiger partial charge on any atom is 0.0622 e.